The number of nitrogens with one attached hydrogen (secondary N) is 1. The van der Waals surface area contributed by atoms with Crippen molar-refractivity contribution in [2.24, 2.45) is 5.92 Å². The summed E-state index contributed by atoms with van der Waals surface area (Å²) in [7, 11) is 0. The second-order valence-electron chi connectivity index (χ2n) is 4.55. The third-order valence-corrected chi connectivity index (χ3v) is 3.31. The van der Waals surface area contributed by atoms with Gasteiger partial charge in [-0.1, -0.05) is 13.8 Å². The van der Waals surface area contributed by atoms with E-state index in [4.69, 9.17) is 9.15 Å². The van der Waals surface area contributed by atoms with Gasteiger partial charge < -0.3 is 14.5 Å². The second-order valence-corrected chi connectivity index (χ2v) is 4.55. The van der Waals surface area contributed by atoms with Crippen molar-refractivity contribution < 1.29 is 9.15 Å². The van der Waals surface area contributed by atoms with E-state index in [0.717, 1.165) is 25.3 Å². The fourth-order valence-corrected chi connectivity index (χ4v) is 2.44. The minimum Gasteiger partial charge on any atom is -0.469 e. The molecule has 0 spiro atoms. The third-order valence-electron chi connectivity index (χ3n) is 3.31. The third kappa shape index (κ3) is 2.66. The molecule has 2 heterocycles. The Morgan fingerprint density at radius 2 is 2.44 bits per heavy atom. The van der Waals surface area contributed by atoms with Crippen LogP contribution >= 0.6 is 0 Å². The van der Waals surface area contributed by atoms with Gasteiger partial charge in [0, 0.05) is 19.1 Å². The topological polar surface area (TPSA) is 34.4 Å². The molecule has 1 aliphatic heterocycles. The molecule has 1 aromatic rings. The molecule has 1 aromatic heterocycles. The SMILES string of the molecule is CCNC(Cc1ccco1)C1OCCC1C. The lowest BCUT2D eigenvalue weighted by Gasteiger charge is -2.26. The number of likely N-dealkylation sites (N-methyl/N-ethyl adjacent to an activating group) is 1. The van der Waals surface area contributed by atoms with E-state index >= 15 is 0 Å². The molecule has 1 aliphatic rings. The maximum Gasteiger partial charge on any atom is 0.105 e. The Labute approximate surface area is 97.2 Å². The summed E-state index contributed by atoms with van der Waals surface area (Å²) in [5.41, 5.74) is 0. The summed E-state index contributed by atoms with van der Waals surface area (Å²) in [5, 5.41) is 3.51. The monoisotopic (exact) mass is 223 g/mol. The fraction of sp³-hybridized carbons (Fsp3) is 0.692. The summed E-state index contributed by atoms with van der Waals surface area (Å²) in [6.07, 6.45) is 4.14. The Balaban J connectivity index is 1.99. The van der Waals surface area contributed by atoms with Crippen LogP contribution in [0.1, 0.15) is 26.0 Å². The zero-order chi connectivity index (χ0) is 11.4. The Morgan fingerprint density at radius 3 is 3.00 bits per heavy atom. The molecule has 2 rings (SSSR count). The van der Waals surface area contributed by atoms with Crippen LogP contribution in [-0.2, 0) is 11.2 Å². The standard InChI is InChI=1S/C13H21NO2/c1-3-14-12(9-11-5-4-7-15-11)13-10(2)6-8-16-13/h4-5,7,10,12-14H,3,6,8-9H2,1-2H3. The van der Waals surface area contributed by atoms with Crippen LogP contribution in [-0.4, -0.2) is 25.3 Å². The van der Waals surface area contributed by atoms with Crippen LogP contribution in [0.4, 0.5) is 0 Å². The molecule has 1 saturated heterocycles. The number of furan rings is 1. The quantitative estimate of drug-likeness (QED) is 0.831. The van der Waals surface area contributed by atoms with Crippen molar-refractivity contribution in [2.45, 2.75) is 38.8 Å². The highest BCUT2D eigenvalue weighted by Crippen LogP contribution is 2.24. The Morgan fingerprint density at radius 1 is 1.56 bits per heavy atom. The molecule has 0 aromatic carbocycles. The van der Waals surface area contributed by atoms with E-state index in [9.17, 15) is 0 Å². The van der Waals surface area contributed by atoms with Crippen molar-refractivity contribution in [3.05, 3.63) is 24.2 Å². The highest BCUT2D eigenvalue weighted by atomic mass is 16.5. The van der Waals surface area contributed by atoms with Crippen LogP contribution in [0.2, 0.25) is 0 Å². The first-order valence-electron chi connectivity index (χ1n) is 6.18. The van der Waals surface area contributed by atoms with Gasteiger partial charge in [-0.15, -0.1) is 0 Å². The van der Waals surface area contributed by atoms with Crippen molar-refractivity contribution in [2.75, 3.05) is 13.2 Å². The van der Waals surface area contributed by atoms with Crippen molar-refractivity contribution in [1.82, 2.24) is 5.32 Å². The lowest BCUT2D eigenvalue weighted by atomic mass is 9.95. The van der Waals surface area contributed by atoms with Crippen molar-refractivity contribution in [3.8, 4) is 0 Å². The summed E-state index contributed by atoms with van der Waals surface area (Å²) in [5.74, 6) is 1.67. The molecular weight excluding hydrogens is 202 g/mol. The molecular formula is C13H21NO2. The van der Waals surface area contributed by atoms with E-state index in [0.29, 0.717) is 18.1 Å². The van der Waals surface area contributed by atoms with E-state index in [-0.39, 0.29) is 0 Å². The van der Waals surface area contributed by atoms with Gasteiger partial charge in [0.15, 0.2) is 0 Å². The molecule has 1 N–H and O–H groups in total. The first kappa shape index (κ1) is 11.7. The van der Waals surface area contributed by atoms with E-state index in [1.165, 1.54) is 6.42 Å². The smallest absolute Gasteiger partial charge is 0.105 e. The molecule has 0 radical (unpaired) electrons. The molecule has 0 saturated carbocycles. The average molecular weight is 223 g/mol. The molecule has 3 heteroatoms. The van der Waals surface area contributed by atoms with Crippen LogP contribution in [0.5, 0.6) is 0 Å². The number of hydrogen-bond donors (Lipinski definition) is 1. The van der Waals surface area contributed by atoms with Gasteiger partial charge >= 0.3 is 0 Å². The molecule has 3 atom stereocenters. The first-order valence-corrected chi connectivity index (χ1v) is 6.18. The summed E-state index contributed by atoms with van der Waals surface area (Å²) in [4.78, 5) is 0. The van der Waals surface area contributed by atoms with Crippen molar-refractivity contribution in [3.63, 3.8) is 0 Å². The largest absolute Gasteiger partial charge is 0.469 e. The first-order chi connectivity index (χ1) is 7.81. The maximum atomic E-state index is 5.82. The van der Waals surface area contributed by atoms with Gasteiger partial charge in [0.2, 0.25) is 0 Å². The molecule has 90 valence electrons. The van der Waals surface area contributed by atoms with E-state index in [1.807, 2.05) is 12.1 Å². The van der Waals surface area contributed by atoms with E-state index < -0.39 is 0 Å². The van der Waals surface area contributed by atoms with Crippen molar-refractivity contribution >= 4 is 0 Å². The van der Waals surface area contributed by atoms with E-state index in [1.54, 1.807) is 6.26 Å². The fourth-order valence-electron chi connectivity index (χ4n) is 2.44. The van der Waals surface area contributed by atoms with E-state index in [2.05, 4.69) is 19.2 Å². The Bertz CT molecular complexity index is 297. The number of hydrogen-bond acceptors (Lipinski definition) is 3. The Kier molecular flexibility index (Phi) is 4.02. The van der Waals surface area contributed by atoms with Crippen LogP contribution < -0.4 is 5.32 Å². The van der Waals surface area contributed by atoms with Crippen molar-refractivity contribution in [1.29, 1.82) is 0 Å². The molecule has 1 fully saturated rings. The molecule has 16 heavy (non-hydrogen) atoms. The predicted molar refractivity (Wildman–Crippen MR) is 63.4 cm³/mol. The maximum absolute atomic E-state index is 5.82. The predicted octanol–water partition coefficient (Wildman–Crippen LogP) is 2.23. The minimum absolute atomic E-state index is 0.324. The summed E-state index contributed by atoms with van der Waals surface area (Å²) >= 11 is 0. The lowest BCUT2D eigenvalue weighted by Crippen LogP contribution is -2.43. The summed E-state index contributed by atoms with van der Waals surface area (Å²) < 4.78 is 11.2. The minimum atomic E-state index is 0.324. The molecule has 3 nitrogen and oxygen atoms in total. The van der Waals surface area contributed by atoms with Crippen LogP contribution in [0.25, 0.3) is 0 Å². The van der Waals surface area contributed by atoms with Gasteiger partial charge in [-0.2, -0.15) is 0 Å². The second kappa shape index (κ2) is 5.51. The summed E-state index contributed by atoms with van der Waals surface area (Å²) in [6.45, 7) is 6.27. The molecule has 0 amide bonds. The van der Waals surface area contributed by atoms with Crippen LogP contribution in [0.15, 0.2) is 22.8 Å². The van der Waals surface area contributed by atoms with Gasteiger partial charge in [0.05, 0.1) is 12.4 Å². The molecule has 0 bridgehead atoms. The average Bonchev–Trinajstić information content (AvgIpc) is 2.88. The number of rotatable bonds is 5. The summed E-state index contributed by atoms with van der Waals surface area (Å²) in [6, 6.07) is 4.34. The zero-order valence-electron chi connectivity index (χ0n) is 10.1. The highest BCUT2D eigenvalue weighted by Gasteiger charge is 2.31. The van der Waals surface area contributed by atoms with Gasteiger partial charge in [-0.3, -0.25) is 0 Å². The Hall–Kier alpha value is -0.800. The zero-order valence-corrected chi connectivity index (χ0v) is 10.1. The molecule has 0 aliphatic carbocycles. The van der Waals surface area contributed by atoms with Gasteiger partial charge in [0.1, 0.15) is 5.76 Å². The highest BCUT2D eigenvalue weighted by molar-refractivity contribution is 5.02. The van der Waals surface area contributed by atoms with Gasteiger partial charge in [-0.05, 0) is 31.0 Å². The number of ether oxygens (including phenoxy) is 1. The normalized spacial score (nSPS) is 27.1. The van der Waals surface area contributed by atoms with Crippen LogP contribution in [0.3, 0.4) is 0 Å². The van der Waals surface area contributed by atoms with Crippen LogP contribution in [0, 0.1) is 5.92 Å². The van der Waals surface area contributed by atoms with Gasteiger partial charge in [-0.25, -0.2) is 0 Å². The van der Waals surface area contributed by atoms with Gasteiger partial charge in [0.25, 0.3) is 0 Å². The lowest BCUT2D eigenvalue weighted by molar-refractivity contribution is 0.0599. The molecule has 3 unspecified atom stereocenters.